The number of benzene rings is 1. The Bertz CT molecular complexity index is 460. The van der Waals surface area contributed by atoms with Gasteiger partial charge >= 0.3 is 0 Å². The van der Waals surface area contributed by atoms with Gasteiger partial charge in [0.15, 0.2) is 11.5 Å². The molecule has 1 aliphatic carbocycles. The van der Waals surface area contributed by atoms with Crippen molar-refractivity contribution in [2.24, 2.45) is 0 Å². The third-order valence-electron chi connectivity index (χ3n) is 4.22. The molecule has 1 fully saturated rings. The van der Waals surface area contributed by atoms with E-state index in [-0.39, 0.29) is 0 Å². The highest BCUT2D eigenvalue weighted by Gasteiger charge is 2.27. The summed E-state index contributed by atoms with van der Waals surface area (Å²) in [6.45, 7) is 8.11. The molecular formula is C16H24N2O2. The van der Waals surface area contributed by atoms with Gasteiger partial charge in [0, 0.05) is 25.2 Å². The molecule has 3 rings (SSSR count). The molecular weight excluding hydrogens is 252 g/mol. The lowest BCUT2D eigenvalue weighted by Gasteiger charge is -2.22. The van der Waals surface area contributed by atoms with Crippen LogP contribution in [0.25, 0.3) is 0 Å². The first-order valence-corrected chi connectivity index (χ1v) is 7.65. The molecule has 2 aliphatic rings. The molecule has 4 nitrogen and oxygen atoms in total. The zero-order valence-corrected chi connectivity index (χ0v) is 12.4. The molecule has 4 heteroatoms. The fourth-order valence-electron chi connectivity index (χ4n) is 2.76. The minimum atomic E-state index is 0.336. The number of rotatable bonds is 7. The third kappa shape index (κ3) is 3.07. The molecule has 1 N–H and O–H groups in total. The van der Waals surface area contributed by atoms with Crippen molar-refractivity contribution in [1.29, 1.82) is 0 Å². The van der Waals surface area contributed by atoms with Gasteiger partial charge in [0.1, 0.15) is 0 Å². The van der Waals surface area contributed by atoms with Crippen molar-refractivity contribution in [2.75, 3.05) is 26.4 Å². The monoisotopic (exact) mass is 276 g/mol. The Labute approximate surface area is 121 Å². The summed E-state index contributed by atoms with van der Waals surface area (Å²) in [5.74, 6) is 1.72. The molecule has 1 atom stereocenters. The largest absolute Gasteiger partial charge is 0.454 e. The van der Waals surface area contributed by atoms with Crippen molar-refractivity contribution in [3.05, 3.63) is 23.8 Å². The van der Waals surface area contributed by atoms with E-state index in [2.05, 4.69) is 36.2 Å². The molecule has 1 heterocycles. The van der Waals surface area contributed by atoms with Gasteiger partial charge in [0.25, 0.3) is 0 Å². The lowest BCUT2D eigenvalue weighted by Crippen LogP contribution is -2.34. The highest BCUT2D eigenvalue weighted by atomic mass is 16.7. The highest BCUT2D eigenvalue weighted by molar-refractivity contribution is 5.45. The van der Waals surface area contributed by atoms with Crippen LogP contribution in [0.1, 0.15) is 38.3 Å². The molecule has 1 aromatic rings. The summed E-state index contributed by atoms with van der Waals surface area (Å²) in [6, 6.07) is 7.38. The maximum absolute atomic E-state index is 5.43. The van der Waals surface area contributed by atoms with E-state index in [9.17, 15) is 0 Å². The minimum absolute atomic E-state index is 0.336. The standard InChI is InChI=1S/C16H24N2O2/c1-3-18(14-5-6-14)9-8-17-12(2)13-4-7-15-16(10-13)20-11-19-15/h4,7,10,12,14,17H,3,5-6,8-9,11H2,1-2H3. The van der Waals surface area contributed by atoms with Gasteiger partial charge in [-0.25, -0.2) is 0 Å². The summed E-state index contributed by atoms with van der Waals surface area (Å²) in [7, 11) is 0. The van der Waals surface area contributed by atoms with Crippen LogP contribution in [0.2, 0.25) is 0 Å². The first-order valence-electron chi connectivity index (χ1n) is 7.65. The predicted molar refractivity (Wildman–Crippen MR) is 79.3 cm³/mol. The van der Waals surface area contributed by atoms with Crippen LogP contribution >= 0.6 is 0 Å². The second kappa shape index (κ2) is 6.02. The number of hydrogen-bond acceptors (Lipinski definition) is 4. The Morgan fingerprint density at radius 3 is 2.85 bits per heavy atom. The number of nitrogens with zero attached hydrogens (tertiary/aromatic N) is 1. The third-order valence-corrected chi connectivity index (χ3v) is 4.22. The van der Waals surface area contributed by atoms with Crippen LogP contribution in [0.5, 0.6) is 11.5 Å². The lowest BCUT2D eigenvalue weighted by molar-refractivity contribution is 0.174. The van der Waals surface area contributed by atoms with Crippen LogP contribution < -0.4 is 14.8 Å². The topological polar surface area (TPSA) is 33.7 Å². The van der Waals surface area contributed by atoms with Gasteiger partial charge < -0.3 is 14.8 Å². The van der Waals surface area contributed by atoms with Crippen LogP contribution in [0.4, 0.5) is 0 Å². The van der Waals surface area contributed by atoms with Crippen LogP contribution in [0.3, 0.4) is 0 Å². The first kappa shape index (κ1) is 13.7. The molecule has 0 radical (unpaired) electrons. The van der Waals surface area contributed by atoms with E-state index in [0.717, 1.165) is 37.2 Å². The summed E-state index contributed by atoms with van der Waals surface area (Å²) < 4.78 is 10.8. The van der Waals surface area contributed by atoms with Gasteiger partial charge in [0.05, 0.1) is 0 Å². The molecule has 0 bridgehead atoms. The zero-order valence-electron chi connectivity index (χ0n) is 12.4. The number of ether oxygens (including phenoxy) is 2. The summed E-state index contributed by atoms with van der Waals surface area (Å²) in [4.78, 5) is 2.57. The minimum Gasteiger partial charge on any atom is -0.454 e. The molecule has 0 spiro atoms. The van der Waals surface area contributed by atoms with E-state index >= 15 is 0 Å². The second-order valence-corrected chi connectivity index (χ2v) is 5.65. The summed E-state index contributed by atoms with van der Waals surface area (Å²) in [5, 5.41) is 3.60. The molecule has 0 aromatic heterocycles. The first-order chi connectivity index (χ1) is 9.78. The van der Waals surface area contributed by atoms with Crippen LogP contribution in [0, 0.1) is 0 Å². The van der Waals surface area contributed by atoms with Gasteiger partial charge in [-0.05, 0) is 44.0 Å². The smallest absolute Gasteiger partial charge is 0.231 e. The van der Waals surface area contributed by atoms with Crippen molar-refractivity contribution < 1.29 is 9.47 Å². The summed E-state index contributed by atoms with van der Waals surface area (Å²) in [6.07, 6.45) is 2.76. The number of hydrogen-bond donors (Lipinski definition) is 1. The molecule has 1 aliphatic heterocycles. The normalized spacial score (nSPS) is 18.6. The van der Waals surface area contributed by atoms with Crippen LogP contribution in [-0.4, -0.2) is 37.4 Å². The second-order valence-electron chi connectivity index (χ2n) is 5.65. The SMILES string of the molecule is CCN(CCNC(C)c1ccc2c(c1)OCO2)C1CC1. The summed E-state index contributed by atoms with van der Waals surface area (Å²) in [5.41, 5.74) is 1.25. The maximum Gasteiger partial charge on any atom is 0.231 e. The lowest BCUT2D eigenvalue weighted by atomic mass is 10.1. The van der Waals surface area contributed by atoms with E-state index in [1.165, 1.54) is 18.4 Å². The van der Waals surface area contributed by atoms with E-state index < -0.39 is 0 Å². The fraction of sp³-hybridized carbons (Fsp3) is 0.625. The van der Waals surface area contributed by atoms with Crippen molar-refractivity contribution in [1.82, 2.24) is 10.2 Å². The number of nitrogens with one attached hydrogen (secondary N) is 1. The molecule has 1 aromatic carbocycles. The summed E-state index contributed by atoms with van der Waals surface area (Å²) >= 11 is 0. The average molecular weight is 276 g/mol. The van der Waals surface area contributed by atoms with Gasteiger partial charge in [0.2, 0.25) is 6.79 Å². The van der Waals surface area contributed by atoms with Crippen molar-refractivity contribution in [3.8, 4) is 11.5 Å². The Hall–Kier alpha value is -1.26. The Morgan fingerprint density at radius 1 is 1.30 bits per heavy atom. The van der Waals surface area contributed by atoms with Crippen LogP contribution in [-0.2, 0) is 0 Å². The fourth-order valence-corrected chi connectivity index (χ4v) is 2.76. The number of fused-ring (bicyclic) bond motifs is 1. The van der Waals surface area contributed by atoms with Crippen molar-refractivity contribution >= 4 is 0 Å². The van der Waals surface area contributed by atoms with Crippen molar-refractivity contribution in [2.45, 2.75) is 38.8 Å². The van der Waals surface area contributed by atoms with Gasteiger partial charge in [-0.15, -0.1) is 0 Å². The molecule has 1 saturated carbocycles. The molecule has 110 valence electrons. The molecule has 1 unspecified atom stereocenters. The van der Waals surface area contributed by atoms with Gasteiger partial charge in [-0.2, -0.15) is 0 Å². The van der Waals surface area contributed by atoms with E-state index in [1.807, 2.05) is 6.07 Å². The van der Waals surface area contributed by atoms with Gasteiger partial charge in [-0.3, -0.25) is 4.90 Å². The van der Waals surface area contributed by atoms with E-state index in [1.54, 1.807) is 0 Å². The number of likely N-dealkylation sites (N-methyl/N-ethyl adjacent to an activating group) is 1. The quantitative estimate of drug-likeness (QED) is 0.830. The highest BCUT2D eigenvalue weighted by Crippen LogP contribution is 2.34. The Morgan fingerprint density at radius 2 is 2.10 bits per heavy atom. The molecule has 20 heavy (non-hydrogen) atoms. The average Bonchev–Trinajstić information content (AvgIpc) is 3.19. The Balaban J connectivity index is 1.50. The van der Waals surface area contributed by atoms with Crippen molar-refractivity contribution in [3.63, 3.8) is 0 Å². The molecule has 0 saturated heterocycles. The van der Waals surface area contributed by atoms with Gasteiger partial charge in [-0.1, -0.05) is 13.0 Å². The zero-order chi connectivity index (χ0) is 13.9. The van der Waals surface area contributed by atoms with E-state index in [0.29, 0.717) is 12.8 Å². The van der Waals surface area contributed by atoms with Crippen LogP contribution in [0.15, 0.2) is 18.2 Å². The van der Waals surface area contributed by atoms with E-state index in [4.69, 9.17) is 9.47 Å². The molecule has 0 amide bonds. The Kier molecular flexibility index (Phi) is 4.13. The maximum atomic E-state index is 5.43. The predicted octanol–water partition coefficient (Wildman–Crippen LogP) is 2.55.